The van der Waals surface area contributed by atoms with Crippen molar-refractivity contribution in [2.45, 2.75) is 74.9 Å². The highest BCUT2D eigenvalue weighted by atomic mass is 16.5. The Kier molecular flexibility index (Phi) is 14.6. The van der Waals surface area contributed by atoms with Crippen molar-refractivity contribution in [2.24, 2.45) is 0 Å². The van der Waals surface area contributed by atoms with E-state index >= 15 is 4.79 Å². The number of nitrogen functional groups attached to an aromatic ring is 2. The van der Waals surface area contributed by atoms with Crippen LogP contribution in [-0.2, 0) is 14.3 Å². The number of hydrogen-bond donors (Lipinski definition) is 4. The van der Waals surface area contributed by atoms with Gasteiger partial charge in [-0.05, 0) is 111 Å². The molecule has 4 aromatic carbocycles. The number of para-hydroxylation sites is 2. The number of fused-ring (bicyclic) bond motifs is 2. The minimum Gasteiger partial charge on any atom is -0.457 e. The Morgan fingerprint density at radius 2 is 0.947 bits per heavy atom. The predicted octanol–water partition coefficient (Wildman–Crippen LogP) is 7.09. The molecule has 19 nitrogen and oxygen atoms in total. The molecule has 0 aliphatic carbocycles. The van der Waals surface area contributed by atoms with Crippen LogP contribution in [0.1, 0.15) is 50.6 Å². The van der Waals surface area contributed by atoms with Crippen molar-refractivity contribution in [1.82, 2.24) is 59.9 Å². The molecule has 4 atom stereocenters. The number of nitrogens with two attached hydrogens (primary N) is 2. The zero-order valence-electron chi connectivity index (χ0n) is 42.5. The average Bonchev–Trinajstić information content (AvgIpc) is 4.11. The first-order valence-corrected chi connectivity index (χ1v) is 26.7. The van der Waals surface area contributed by atoms with E-state index in [0.717, 1.165) is 95.1 Å². The first-order valence-electron chi connectivity index (χ1n) is 26.7. The summed E-state index contributed by atoms with van der Waals surface area (Å²) in [4.78, 5) is 38.8. The molecule has 4 aliphatic rings. The number of nitrogens with one attached hydrogen (secondary N) is 2. The zero-order valence-corrected chi connectivity index (χ0v) is 42.5. The minimum absolute atomic E-state index is 0.0231. The van der Waals surface area contributed by atoms with Crippen LogP contribution in [-0.4, -0.2) is 145 Å². The molecule has 19 heteroatoms. The molecule has 8 aromatic rings. The Bertz CT molecular complexity index is 3010. The summed E-state index contributed by atoms with van der Waals surface area (Å²) < 4.78 is 28.9. The van der Waals surface area contributed by atoms with Gasteiger partial charge in [-0.1, -0.05) is 36.4 Å². The fraction of sp³-hybridized carbons (Fsp3) is 0.386. The van der Waals surface area contributed by atoms with Crippen molar-refractivity contribution < 1.29 is 23.7 Å². The van der Waals surface area contributed by atoms with Crippen LogP contribution in [0.3, 0.4) is 0 Å². The molecule has 0 spiro atoms. The van der Waals surface area contributed by atoms with Gasteiger partial charge in [0.2, 0.25) is 0 Å². The summed E-state index contributed by atoms with van der Waals surface area (Å²) in [6, 6.07) is 34.5. The van der Waals surface area contributed by atoms with Crippen molar-refractivity contribution in [3.63, 3.8) is 0 Å². The molecule has 0 saturated carbocycles. The minimum atomic E-state index is -0.369. The summed E-state index contributed by atoms with van der Waals surface area (Å²) >= 11 is 0. The van der Waals surface area contributed by atoms with Gasteiger partial charge in [-0.3, -0.25) is 14.6 Å². The number of aromatic nitrogens is 8. The number of anilines is 2. The van der Waals surface area contributed by atoms with Gasteiger partial charge in [0.1, 0.15) is 58.7 Å². The van der Waals surface area contributed by atoms with Gasteiger partial charge < -0.3 is 41.0 Å². The lowest BCUT2D eigenvalue weighted by Crippen LogP contribution is -2.57. The molecule has 4 unspecified atom stereocenters. The molecule has 0 radical (unpaired) electrons. The summed E-state index contributed by atoms with van der Waals surface area (Å²) in [5.74, 6) is 3.94. The summed E-state index contributed by atoms with van der Waals surface area (Å²) in [7, 11) is 0. The summed E-state index contributed by atoms with van der Waals surface area (Å²) in [5.41, 5.74) is 17.8. The van der Waals surface area contributed by atoms with E-state index in [1.165, 1.54) is 12.7 Å². The van der Waals surface area contributed by atoms with Crippen LogP contribution in [0.4, 0.5) is 11.6 Å². The van der Waals surface area contributed by atoms with Gasteiger partial charge in [0.15, 0.2) is 17.1 Å². The number of carbonyl (C=O) groups is 1. The van der Waals surface area contributed by atoms with Gasteiger partial charge >= 0.3 is 0 Å². The Morgan fingerprint density at radius 3 is 1.33 bits per heavy atom. The molecule has 76 heavy (non-hydrogen) atoms. The van der Waals surface area contributed by atoms with E-state index in [4.69, 9.17) is 50.6 Å². The summed E-state index contributed by atoms with van der Waals surface area (Å²) in [6.07, 6.45) is 7.09. The summed E-state index contributed by atoms with van der Waals surface area (Å²) in [5, 5.41) is 18.9. The Morgan fingerprint density at radius 1 is 0.553 bits per heavy atom. The van der Waals surface area contributed by atoms with E-state index in [2.05, 4.69) is 30.4 Å². The summed E-state index contributed by atoms with van der Waals surface area (Å²) in [6.45, 7) is 7.02. The molecular formula is C57H64N14O5. The number of ketones is 1. The second-order valence-corrected chi connectivity index (χ2v) is 20.2. The first-order chi connectivity index (χ1) is 37.4. The van der Waals surface area contributed by atoms with Gasteiger partial charge in [0.25, 0.3) is 0 Å². The van der Waals surface area contributed by atoms with Crippen LogP contribution in [0.2, 0.25) is 0 Å². The molecular weight excluding hydrogens is 961 g/mol. The number of benzene rings is 4. The second kappa shape index (κ2) is 22.4. The lowest BCUT2D eigenvalue weighted by atomic mass is 9.89. The third-order valence-electron chi connectivity index (χ3n) is 15.5. The Hall–Kier alpha value is -7.39. The number of hydrogen-bond acceptors (Lipinski definition) is 17. The van der Waals surface area contributed by atoms with Crippen LogP contribution in [0, 0.1) is 0 Å². The number of morpholine rings is 2. The maximum Gasteiger partial charge on any atom is 0.167 e. The predicted molar refractivity (Wildman–Crippen MR) is 290 cm³/mol. The van der Waals surface area contributed by atoms with Crippen LogP contribution >= 0.6 is 0 Å². The number of nitrogens with zero attached hydrogens (tertiary/aromatic N) is 10. The zero-order chi connectivity index (χ0) is 51.4. The molecule has 6 N–H and O–H groups in total. The second-order valence-electron chi connectivity index (χ2n) is 20.2. The first kappa shape index (κ1) is 49.5. The highest BCUT2D eigenvalue weighted by Crippen LogP contribution is 2.39. The largest absolute Gasteiger partial charge is 0.457 e. The monoisotopic (exact) mass is 1020 g/mol. The molecule has 8 heterocycles. The van der Waals surface area contributed by atoms with Crippen LogP contribution < -0.4 is 31.6 Å². The lowest BCUT2D eigenvalue weighted by molar-refractivity contribution is -0.135. The van der Waals surface area contributed by atoms with Gasteiger partial charge in [0, 0.05) is 63.5 Å². The number of likely N-dealkylation sites (tertiary alicyclic amines) is 2. The number of piperidine rings is 2. The quantitative estimate of drug-likeness (QED) is 0.0758. The van der Waals surface area contributed by atoms with Gasteiger partial charge in [0.05, 0.1) is 60.4 Å². The third-order valence-corrected chi connectivity index (χ3v) is 15.5. The fourth-order valence-corrected chi connectivity index (χ4v) is 11.6. The van der Waals surface area contributed by atoms with Gasteiger partial charge in [-0.2, -0.15) is 10.2 Å². The standard InChI is InChI=1S/C57H64N14O5/c58-54-49-51(37-11-15-43(16-12-37)75-41-7-3-1-4-8-41)66-70(56(49)64-35-62-54)39-19-25-68(26-20-39)47(31-45-33-60-23-29-73-45)53(72)48(32-46-34-61-24-30-74-46)69-27-21-40(22-28-69)71-57-50(55(59)63-36-65-57)52(67-71)38-13-17-44(18-14-38)76-42-9-5-2-6-10-42/h1-18,35-36,39-40,45-48,60-61H,19-34H2,(H2,58,62,64)(H2,59,63,65). The van der Waals surface area contributed by atoms with Crippen LogP contribution in [0.15, 0.2) is 122 Å². The number of ether oxygens (including phenoxy) is 4. The Balaban J connectivity index is 0.778. The van der Waals surface area contributed by atoms with E-state index in [0.29, 0.717) is 88.3 Å². The highest BCUT2D eigenvalue weighted by Gasteiger charge is 2.41. The highest BCUT2D eigenvalue weighted by molar-refractivity contribution is 5.99. The van der Waals surface area contributed by atoms with E-state index in [9.17, 15) is 0 Å². The molecule has 4 fully saturated rings. The fourth-order valence-electron chi connectivity index (χ4n) is 11.6. The van der Waals surface area contributed by atoms with Gasteiger partial charge in [-0.25, -0.2) is 29.3 Å². The third kappa shape index (κ3) is 10.6. The molecule has 12 rings (SSSR count). The van der Waals surface area contributed by atoms with Crippen LogP contribution in [0.25, 0.3) is 44.6 Å². The number of carbonyl (C=O) groups excluding carboxylic acids is 1. The lowest BCUT2D eigenvalue weighted by Gasteiger charge is -2.43. The Labute approximate surface area is 440 Å². The smallest absolute Gasteiger partial charge is 0.167 e. The van der Waals surface area contributed by atoms with Crippen LogP contribution in [0.5, 0.6) is 23.0 Å². The molecule has 0 amide bonds. The van der Waals surface area contributed by atoms with E-state index < -0.39 is 0 Å². The topological polar surface area (TPSA) is 224 Å². The van der Waals surface area contributed by atoms with E-state index in [1.54, 1.807) is 0 Å². The molecule has 392 valence electrons. The van der Waals surface area contributed by atoms with E-state index in [-0.39, 0.29) is 42.2 Å². The van der Waals surface area contributed by atoms with Crippen molar-refractivity contribution in [3.05, 3.63) is 122 Å². The maximum atomic E-state index is 15.7. The van der Waals surface area contributed by atoms with Gasteiger partial charge in [-0.15, -0.1) is 0 Å². The maximum absolute atomic E-state index is 15.7. The number of Topliss-reactive ketones (excluding diaryl/α,β-unsaturated/α-hetero) is 1. The molecule has 4 aliphatic heterocycles. The molecule has 4 aromatic heterocycles. The van der Waals surface area contributed by atoms with E-state index in [1.807, 2.05) is 119 Å². The van der Waals surface area contributed by atoms with Crippen molar-refractivity contribution in [3.8, 4) is 45.5 Å². The molecule has 0 bridgehead atoms. The SMILES string of the molecule is Nc1ncnc2c1c(-c1ccc(Oc3ccccc3)cc1)nn2C1CCN(C(CC2CNCCO2)C(=O)C(CC2CNCCO2)N2CCC(n3nc(-c4ccc(Oc5ccccc5)cc4)c4c(N)ncnc43)CC2)CC1. The molecule has 4 saturated heterocycles. The van der Waals surface area contributed by atoms with Crippen molar-refractivity contribution >= 4 is 39.5 Å². The van der Waals surface area contributed by atoms with Crippen molar-refractivity contribution in [2.75, 3.05) is 77.0 Å². The normalized spacial score (nSPS) is 20.2. The average molecular weight is 1030 g/mol. The number of rotatable bonds is 16. The van der Waals surface area contributed by atoms with Crippen molar-refractivity contribution in [1.29, 1.82) is 0 Å².